The van der Waals surface area contributed by atoms with Gasteiger partial charge in [-0.2, -0.15) is 0 Å². The van der Waals surface area contributed by atoms with Crippen LogP contribution >= 0.6 is 11.3 Å². The van der Waals surface area contributed by atoms with E-state index in [2.05, 4.69) is 237 Å². The minimum Gasteiger partial charge on any atom is -0.309 e. The zero-order valence-electron chi connectivity index (χ0n) is 35.0. The van der Waals surface area contributed by atoms with Gasteiger partial charge in [0, 0.05) is 88.2 Å². The van der Waals surface area contributed by atoms with E-state index in [1.54, 1.807) is 11.3 Å². The van der Waals surface area contributed by atoms with Crippen LogP contribution in [0.3, 0.4) is 0 Å². The summed E-state index contributed by atoms with van der Waals surface area (Å²) in [6, 6.07) is 77.7. The van der Waals surface area contributed by atoms with E-state index >= 15 is 0 Å². The van der Waals surface area contributed by atoms with E-state index < -0.39 is 0 Å². The van der Waals surface area contributed by atoms with Gasteiger partial charge in [0.1, 0.15) is 11.6 Å². The molecule has 0 saturated carbocycles. The summed E-state index contributed by atoms with van der Waals surface area (Å²) < 4.78 is 7.02. The lowest BCUT2D eigenvalue weighted by Gasteiger charge is -2.24. The molecule has 6 nitrogen and oxygen atoms in total. The predicted octanol–water partition coefficient (Wildman–Crippen LogP) is 16.0. The molecule has 306 valence electrons. The molecule has 5 heterocycles. The first-order chi connectivity index (χ1) is 32.2. The number of thiophene rings is 1. The van der Waals surface area contributed by atoms with Crippen LogP contribution in [0.2, 0.25) is 0 Å². The highest BCUT2D eigenvalue weighted by atomic mass is 32.1. The first-order valence-corrected chi connectivity index (χ1v) is 22.6. The van der Waals surface area contributed by atoms with Crippen molar-refractivity contribution in [3.8, 4) is 11.4 Å². The quantitative estimate of drug-likeness (QED) is 0.153. The fraction of sp³-hybridized carbons (Fsp3) is 0. The second-order valence-corrected chi connectivity index (χ2v) is 17.4. The van der Waals surface area contributed by atoms with E-state index in [-0.39, 0.29) is 0 Å². The highest BCUT2D eigenvalue weighted by molar-refractivity contribution is 7.25. The zero-order valence-corrected chi connectivity index (χ0v) is 35.8. The Morgan fingerprint density at radius 1 is 0.308 bits per heavy atom. The molecule has 0 saturated heterocycles. The number of nitrogens with zero attached hydrogens (tertiary/aromatic N) is 6. The Kier molecular flexibility index (Phi) is 8.60. The second kappa shape index (κ2) is 15.1. The molecule has 0 unspecified atom stereocenters. The molecule has 0 radical (unpaired) electrons. The summed E-state index contributed by atoms with van der Waals surface area (Å²) in [6.07, 6.45) is 4.04. The molecular weight excluding hydrogens is 813 g/mol. The highest BCUT2D eigenvalue weighted by Gasteiger charge is 2.22. The van der Waals surface area contributed by atoms with E-state index in [9.17, 15) is 0 Å². The summed E-state index contributed by atoms with van der Waals surface area (Å²) in [4.78, 5) is 14.9. The van der Waals surface area contributed by atoms with Crippen molar-refractivity contribution in [1.82, 2.24) is 19.1 Å². The minimum atomic E-state index is 0.846. The fourth-order valence-corrected chi connectivity index (χ4v) is 10.8. The van der Waals surface area contributed by atoms with E-state index in [1.165, 1.54) is 32.6 Å². The van der Waals surface area contributed by atoms with Gasteiger partial charge in [-0.15, -0.1) is 11.3 Å². The van der Waals surface area contributed by atoms with Crippen LogP contribution in [0.25, 0.3) is 75.2 Å². The number of fused-ring (bicyclic) bond motifs is 9. The largest absolute Gasteiger partial charge is 0.309 e. The summed E-state index contributed by atoms with van der Waals surface area (Å²) >= 11 is 1.77. The fourth-order valence-electron chi connectivity index (χ4n) is 9.68. The molecule has 13 aromatic rings. The third-order valence-electron chi connectivity index (χ3n) is 12.6. The van der Waals surface area contributed by atoms with Gasteiger partial charge in [0.25, 0.3) is 0 Å². The van der Waals surface area contributed by atoms with Crippen molar-refractivity contribution in [2.24, 2.45) is 0 Å². The molecule has 0 N–H and O–H groups in total. The van der Waals surface area contributed by atoms with Gasteiger partial charge in [0.2, 0.25) is 0 Å². The van der Waals surface area contributed by atoms with Gasteiger partial charge in [-0.3, -0.25) is 9.80 Å². The summed E-state index contributed by atoms with van der Waals surface area (Å²) in [5, 5.41) is 7.04. The summed E-state index contributed by atoms with van der Waals surface area (Å²) in [6.45, 7) is 0. The molecule has 0 atom stereocenters. The number of anilines is 6. The molecular formula is C58H38N6S. The third kappa shape index (κ3) is 6.09. The number of hydrogen-bond donors (Lipinski definition) is 0. The average molecular weight is 851 g/mol. The van der Waals surface area contributed by atoms with E-state index in [0.29, 0.717) is 0 Å². The number of rotatable bonds is 8. The van der Waals surface area contributed by atoms with E-state index in [0.717, 1.165) is 77.0 Å². The van der Waals surface area contributed by atoms with Gasteiger partial charge in [0.05, 0.1) is 22.1 Å². The van der Waals surface area contributed by atoms with Crippen molar-refractivity contribution in [2.45, 2.75) is 0 Å². The Hall–Kier alpha value is -8.52. The average Bonchev–Trinajstić information content (AvgIpc) is 4.02. The topological polar surface area (TPSA) is 42.1 Å². The molecule has 0 aliphatic carbocycles. The molecule has 0 bridgehead atoms. The van der Waals surface area contributed by atoms with Crippen LogP contribution in [-0.4, -0.2) is 19.1 Å². The number of hydrogen-bond acceptors (Lipinski definition) is 5. The van der Waals surface area contributed by atoms with Crippen molar-refractivity contribution < 1.29 is 0 Å². The maximum Gasteiger partial charge on any atom is 0.138 e. The van der Waals surface area contributed by atoms with Crippen molar-refractivity contribution in [2.75, 3.05) is 9.80 Å². The molecule has 0 spiro atoms. The van der Waals surface area contributed by atoms with Gasteiger partial charge in [-0.05, 0) is 97.1 Å². The molecule has 13 rings (SSSR count). The lowest BCUT2D eigenvalue weighted by molar-refractivity contribution is 1.17. The SMILES string of the molecule is c1ccc(N(c2ccc3c4ccccc4n(-c4ccccc4)c3c2)c2cc3sc4cc(N(c5ccccc5)c5ccc6c7ccccc7n(-c7ccccc7)c6c5)ncc4c3cn2)cc1. The van der Waals surface area contributed by atoms with Crippen molar-refractivity contribution >= 4 is 110 Å². The van der Waals surface area contributed by atoms with Gasteiger partial charge < -0.3 is 9.13 Å². The lowest BCUT2D eigenvalue weighted by atomic mass is 10.1. The van der Waals surface area contributed by atoms with Crippen molar-refractivity contribution in [1.29, 1.82) is 0 Å². The Balaban J connectivity index is 0.949. The van der Waals surface area contributed by atoms with Crippen LogP contribution in [0.15, 0.2) is 231 Å². The predicted molar refractivity (Wildman–Crippen MR) is 273 cm³/mol. The molecule has 0 fully saturated rings. The van der Waals surface area contributed by atoms with Crippen molar-refractivity contribution in [3.05, 3.63) is 231 Å². The highest BCUT2D eigenvalue weighted by Crippen LogP contribution is 2.44. The number of benzene rings is 8. The Morgan fingerprint density at radius 2 is 0.677 bits per heavy atom. The smallest absolute Gasteiger partial charge is 0.138 e. The molecule has 7 heteroatoms. The van der Waals surface area contributed by atoms with Crippen LogP contribution < -0.4 is 9.80 Å². The van der Waals surface area contributed by atoms with Gasteiger partial charge in [0.15, 0.2) is 0 Å². The van der Waals surface area contributed by atoms with Crippen LogP contribution in [0, 0.1) is 0 Å². The summed E-state index contributed by atoms with van der Waals surface area (Å²) in [5.74, 6) is 1.69. The molecule has 65 heavy (non-hydrogen) atoms. The minimum absolute atomic E-state index is 0.846. The summed E-state index contributed by atoms with van der Waals surface area (Å²) in [5.41, 5.74) is 11.0. The maximum absolute atomic E-state index is 5.20. The van der Waals surface area contributed by atoms with Gasteiger partial charge in [-0.1, -0.05) is 121 Å². The Morgan fingerprint density at radius 3 is 1.11 bits per heavy atom. The number of pyridine rings is 2. The number of para-hydroxylation sites is 6. The zero-order chi connectivity index (χ0) is 42.8. The molecule has 8 aromatic carbocycles. The van der Waals surface area contributed by atoms with Gasteiger partial charge >= 0.3 is 0 Å². The first kappa shape index (κ1) is 37.1. The van der Waals surface area contributed by atoms with Crippen LogP contribution in [0.4, 0.5) is 34.4 Å². The van der Waals surface area contributed by atoms with Gasteiger partial charge in [-0.25, -0.2) is 9.97 Å². The van der Waals surface area contributed by atoms with Crippen LogP contribution in [-0.2, 0) is 0 Å². The van der Waals surface area contributed by atoms with E-state index in [1.807, 2.05) is 12.4 Å². The Labute approximate surface area is 378 Å². The number of aromatic nitrogens is 4. The van der Waals surface area contributed by atoms with E-state index in [4.69, 9.17) is 9.97 Å². The standard InChI is InChI=1S/C58H38N6S/c1-5-17-39(18-6-1)61(43-29-31-47-45-25-13-15-27-51(45)63(53(47)33-43)41-21-9-3-10-22-41)57-35-55-49(37-59-57)50-38-60-58(36-56(50)65-55)62(40-19-7-2-8-20-40)44-30-32-48-46-26-14-16-28-52(46)64(54(48)34-44)42-23-11-4-12-24-42/h1-38H. The molecule has 0 aliphatic heterocycles. The molecule has 0 amide bonds. The molecule has 5 aromatic heterocycles. The summed E-state index contributed by atoms with van der Waals surface area (Å²) in [7, 11) is 0. The van der Waals surface area contributed by atoms with Crippen LogP contribution in [0.1, 0.15) is 0 Å². The molecule has 0 aliphatic rings. The monoisotopic (exact) mass is 850 g/mol. The Bertz CT molecular complexity index is 3640. The normalized spacial score (nSPS) is 11.7. The van der Waals surface area contributed by atoms with Crippen LogP contribution in [0.5, 0.6) is 0 Å². The third-order valence-corrected chi connectivity index (χ3v) is 13.7. The first-order valence-electron chi connectivity index (χ1n) is 21.8. The van der Waals surface area contributed by atoms with Crippen molar-refractivity contribution in [3.63, 3.8) is 0 Å². The lowest BCUT2D eigenvalue weighted by Crippen LogP contribution is -2.11. The maximum atomic E-state index is 5.20. The second-order valence-electron chi connectivity index (χ2n) is 16.3.